The van der Waals surface area contributed by atoms with Gasteiger partial charge in [-0.05, 0) is 0 Å². The Morgan fingerprint density at radius 2 is 0.500 bits per heavy atom. The second-order valence-corrected chi connectivity index (χ2v) is 0. The Hall–Kier alpha value is 3.43. The molecular weight excluding hydrogens is 99.9 g/mol. The molecular formula is H6Na3P. The van der Waals surface area contributed by atoms with Gasteiger partial charge in [-0.25, -0.2) is 0 Å². The summed E-state index contributed by atoms with van der Waals surface area (Å²) in [4.78, 5) is 0. The van der Waals surface area contributed by atoms with Gasteiger partial charge in [0.2, 0.25) is 0 Å². The van der Waals surface area contributed by atoms with Crippen molar-refractivity contribution in [3.05, 3.63) is 0 Å². The summed E-state index contributed by atoms with van der Waals surface area (Å²) in [5.74, 6) is 0. The minimum absolute atomic E-state index is 0. The van der Waals surface area contributed by atoms with Gasteiger partial charge in [0.25, 0.3) is 0 Å². The molecule has 0 fully saturated rings. The van der Waals surface area contributed by atoms with Gasteiger partial charge in [-0.15, -0.1) is 0 Å². The van der Waals surface area contributed by atoms with Crippen molar-refractivity contribution in [2.75, 3.05) is 0 Å². The third-order valence-electron chi connectivity index (χ3n) is 0. The van der Waals surface area contributed by atoms with E-state index < -0.39 is 0 Å². The molecule has 0 spiro atoms. The van der Waals surface area contributed by atoms with Crippen molar-refractivity contribution in [3.63, 3.8) is 0 Å². The maximum absolute atomic E-state index is 0. The van der Waals surface area contributed by atoms with Crippen LogP contribution < -0.4 is 0 Å². The summed E-state index contributed by atoms with van der Waals surface area (Å²) < 4.78 is 0. The van der Waals surface area contributed by atoms with E-state index in [1.54, 1.807) is 0 Å². The monoisotopic (exact) mass is 106 g/mol. The fourth-order valence-electron chi connectivity index (χ4n) is 0. The molecule has 0 saturated carbocycles. The third-order valence-corrected chi connectivity index (χ3v) is 0. The molecule has 0 aromatic rings. The summed E-state index contributed by atoms with van der Waals surface area (Å²) in [5.41, 5.74) is 0. The Labute approximate surface area is 96.4 Å². The minimum atomic E-state index is 0. The van der Waals surface area contributed by atoms with E-state index in [2.05, 4.69) is 0 Å². The van der Waals surface area contributed by atoms with Gasteiger partial charge in [-0.2, -0.15) is 9.90 Å². The van der Waals surface area contributed by atoms with Crippen molar-refractivity contribution in [1.29, 1.82) is 0 Å². The van der Waals surface area contributed by atoms with Crippen molar-refractivity contribution in [3.8, 4) is 0 Å². The molecule has 0 aromatic heterocycles. The van der Waals surface area contributed by atoms with E-state index in [-0.39, 0.29) is 98.6 Å². The predicted octanol–water partition coefficient (Wildman–Crippen LogP) is -1.89. The molecule has 14 valence electrons. The van der Waals surface area contributed by atoms with Crippen LogP contribution in [0.3, 0.4) is 0 Å². The maximum atomic E-state index is 0. The van der Waals surface area contributed by atoms with Gasteiger partial charge in [-0.3, -0.25) is 0 Å². The molecule has 0 radical (unpaired) electrons. The molecule has 0 bridgehead atoms. The van der Waals surface area contributed by atoms with Crippen LogP contribution in [0, 0.1) is 0 Å². The van der Waals surface area contributed by atoms with Crippen molar-refractivity contribution in [2.24, 2.45) is 0 Å². The van der Waals surface area contributed by atoms with Gasteiger partial charge in [0.15, 0.2) is 0 Å². The van der Waals surface area contributed by atoms with E-state index in [9.17, 15) is 0 Å². The molecule has 1 unspecified atom stereocenters. The molecule has 4 heavy (non-hydrogen) atoms. The number of hydrogen-bond donors (Lipinski definition) is 0. The fraction of sp³-hybridized carbons (Fsp3) is 0. The predicted molar refractivity (Wildman–Crippen MR) is 32.6 cm³/mol. The molecule has 0 N–H and O–H groups in total. The molecule has 1 atom stereocenters. The molecule has 0 aliphatic heterocycles. The third kappa shape index (κ3) is 9.06. The van der Waals surface area contributed by atoms with Crippen molar-refractivity contribution >= 4 is 98.6 Å². The standard InChI is InChI=1S/3Na.H3P.3H/h;;;1H3;;;. The van der Waals surface area contributed by atoms with Crippen LogP contribution in [0.5, 0.6) is 0 Å². The summed E-state index contributed by atoms with van der Waals surface area (Å²) in [7, 11) is 0. The first-order valence-electron chi connectivity index (χ1n) is 0. The average Bonchev–Trinajstić information content (AvgIpc) is 0. The van der Waals surface area contributed by atoms with E-state index >= 15 is 0 Å². The van der Waals surface area contributed by atoms with Crippen LogP contribution in [0.15, 0.2) is 0 Å². The Morgan fingerprint density at radius 3 is 0.500 bits per heavy atom. The van der Waals surface area contributed by atoms with Crippen LogP contribution in [0.2, 0.25) is 0 Å². The first-order chi connectivity index (χ1) is 0. The normalized spacial score (nSPS) is 0. The zero-order valence-electron chi connectivity index (χ0n) is 0.707. The van der Waals surface area contributed by atoms with E-state index in [1.807, 2.05) is 0 Å². The van der Waals surface area contributed by atoms with Gasteiger partial charge in [0, 0.05) is 0 Å². The fourth-order valence-corrected chi connectivity index (χ4v) is 0. The SMILES string of the molecule is P.[NaH].[NaH].[NaH]. The Kier molecular flexibility index (Phi) is 105. The summed E-state index contributed by atoms with van der Waals surface area (Å²) in [6.45, 7) is 0. The topological polar surface area (TPSA) is 0 Å². The van der Waals surface area contributed by atoms with E-state index in [1.165, 1.54) is 0 Å². The van der Waals surface area contributed by atoms with E-state index in [0.717, 1.165) is 0 Å². The number of hydrogen-bond acceptors (Lipinski definition) is 0. The summed E-state index contributed by atoms with van der Waals surface area (Å²) in [6, 6.07) is 0. The van der Waals surface area contributed by atoms with Gasteiger partial charge >= 0.3 is 88.7 Å². The molecule has 0 rings (SSSR count). The molecule has 0 saturated heterocycles. The van der Waals surface area contributed by atoms with Gasteiger partial charge < -0.3 is 0 Å². The van der Waals surface area contributed by atoms with Gasteiger partial charge in [0.05, 0.1) is 0 Å². The summed E-state index contributed by atoms with van der Waals surface area (Å²) >= 11 is 0. The van der Waals surface area contributed by atoms with Crippen LogP contribution in [-0.4, -0.2) is 88.7 Å². The summed E-state index contributed by atoms with van der Waals surface area (Å²) in [5, 5.41) is 0. The quantitative estimate of drug-likeness (QED) is 0.250. The summed E-state index contributed by atoms with van der Waals surface area (Å²) in [6.07, 6.45) is 0. The second-order valence-electron chi connectivity index (χ2n) is 0. The average molecular weight is 106 g/mol. The van der Waals surface area contributed by atoms with Crippen LogP contribution in [0.4, 0.5) is 0 Å². The van der Waals surface area contributed by atoms with Crippen molar-refractivity contribution < 1.29 is 0 Å². The van der Waals surface area contributed by atoms with Crippen LogP contribution >= 0.6 is 9.90 Å². The van der Waals surface area contributed by atoms with Gasteiger partial charge in [0.1, 0.15) is 0 Å². The van der Waals surface area contributed by atoms with Crippen LogP contribution in [0.25, 0.3) is 0 Å². The molecule has 0 aromatic carbocycles. The Morgan fingerprint density at radius 1 is 0.500 bits per heavy atom. The first-order valence-corrected chi connectivity index (χ1v) is 0. The van der Waals surface area contributed by atoms with E-state index in [0.29, 0.717) is 0 Å². The number of rotatable bonds is 0. The molecule has 0 aliphatic rings. The zero-order chi connectivity index (χ0) is 0. The first kappa shape index (κ1) is 26.1. The van der Waals surface area contributed by atoms with E-state index in [4.69, 9.17) is 0 Å². The zero-order valence-corrected chi connectivity index (χ0v) is 2.12. The molecule has 4 heteroatoms. The molecule has 0 heterocycles. The van der Waals surface area contributed by atoms with Gasteiger partial charge in [-0.1, -0.05) is 0 Å². The Bertz CT molecular complexity index is 3.25. The van der Waals surface area contributed by atoms with Crippen LogP contribution in [-0.2, 0) is 0 Å². The molecule has 0 nitrogen and oxygen atoms in total. The van der Waals surface area contributed by atoms with Crippen LogP contribution in [0.1, 0.15) is 0 Å². The van der Waals surface area contributed by atoms with Crippen molar-refractivity contribution in [2.45, 2.75) is 0 Å². The molecule has 0 amide bonds. The Balaban J connectivity index is 0. The molecule has 0 aliphatic carbocycles. The second kappa shape index (κ2) is 16.1. The van der Waals surface area contributed by atoms with Crippen molar-refractivity contribution in [1.82, 2.24) is 0 Å².